The van der Waals surface area contributed by atoms with Crippen LogP contribution < -0.4 is 15.5 Å². The molecule has 1 rings (SSSR count). The van der Waals surface area contributed by atoms with Crippen LogP contribution >= 0.6 is 0 Å². The molecule has 0 aromatic heterocycles. The normalized spacial score (nSPS) is 11.4. The summed E-state index contributed by atoms with van der Waals surface area (Å²) in [6, 6.07) is 4.66. The molecule has 0 radical (unpaired) electrons. The second kappa shape index (κ2) is 12.5. The van der Waals surface area contributed by atoms with Crippen molar-refractivity contribution >= 4 is 35.2 Å². The van der Waals surface area contributed by atoms with Crippen LogP contribution in [0.3, 0.4) is 0 Å². The van der Waals surface area contributed by atoms with Gasteiger partial charge in [0.15, 0.2) is 0 Å². The van der Waals surface area contributed by atoms with Crippen molar-refractivity contribution in [1.29, 1.82) is 0 Å². The molecule has 0 aliphatic rings. The summed E-state index contributed by atoms with van der Waals surface area (Å²) in [6.07, 6.45) is -0.410. The fourth-order valence-corrected chi connectivity index (χ4v) is 3.16. The average Bonchev–Trinajstić information content (AvgIpc) is 2.67. The molecule has 3 N–H and O–H groups in total. The number of amides is 3. The van der Waals surface area contributed by atoms with Crippen molar-refractivity contribution in [1.82, 2.24) is 10.6 Å². The van der Waals surface area contributed by atoms with Gasteiger partial charge in [0.1, 0.15) is 11.8 Å². The Bertz CT molecular complexity index is 816. The zero-order chi connectivity index (χ0) is 23.6. The molecule has 9 heteroatoms. The fourth-order valence-electron chi connectivity index (χ4n) is 3.16. The maximum atomic E-state index is 12.6. The van der Waals surface area contributed by atoms with Gasteiger partial charge in [-0.25, -0.2) is 0 Å². The molecular weight excluding hydrogens is 402 g/mol. The molecule has 0 aliphatic carbocycles. The number of hydrogen-bond donors (Lipinski definition) is 3. The van der Waals surface area contributed by atoms with Gasteiger partial charge in [-0.3, -0.25) is 19.2 Å². The van der Waals surface area contributed by atoms with E-state index in [1.807, 2.05) is 32.0 Å². The first-order chi connectivity index (χ1) is 14.5. The number of aliphatic carboxylic acids is 1. The van der Waals surface area contributed by atoms with Gasteiger partial charge in [-0.15, -0.1) is 0 Å². The third-order valence-corrected chi connectivity index (χ3v) is 4.73. The zero-order valence-electron chi connectivity index (χ0n) is 18.5. The van der Waals surface area contributed by atoms with E-state index in [1.165, 1.54) is 13.8 Å². The monoisotopic (exact) mass is 433 g/mol. The highest BCUT2D eigenvalue weighted by atomic mass is 16.4. The van der Waals surface area contributed by atoms with Crippen LogP contribution in [0.25, 0.3) is 0 Å². The molecule has 0 bridgehead atoms. The second-order valence-electron chi connectivity index (χ2n) is 7.46. The maximum absolute atomic E-state index is 12.6. The number of hydrogen-bond acceptors (Lipinski definition) is 5. The second-order valence-corrected chi connectivity index (χ2v) is 7.46. The summed E-state index contributed by atoms with van der Waals surface area (Å²) in [7, 11) is 0. The molecule has 0 aliphatic heterocycles. The Morgan fingerprint density at radius 1 is 1.00 bits per heavy atom. The summed E-state index contributed by atoms with van der Waals surface area (Å²) in [4.78, 5) is 60.2. The Balaban J connectivity index is 2.77. The maximum Gasteiger partial charge on any atom is 0.303 e. The summed E-state index contributed by atoms with van der Waals surface area (Å²) >= 11 is 0. The molecule has 0 heterocycles. The molecule has 1 atom stereocenters. The molecule has 1 aromatic carbocycles. The quantitative estimate of drug-likeness (QED) is 0.457. The van der Waals surface area contributed by atoms with Crippen molar-refractivity contribution in [3.05, 3.63) is 29.3 Å². The zero-order valence-corrected chi connectivity index (χ0v) is 18.5. The number of carbonyl (C=O) groups excluding carboxylic acids is 4. The molecule has 3 amide bonds. The van der Waals surface area contributed by atoms with E-state index in [-0.39, 0.29) is 50.5 Å². The molecule has 0 fully saturated rings. The van der Waals surface area contributed by atoms with Crippen molar-refractivity contribution in [2.45, 2.75) is 59.4 Å². The number of carboxylic acids is 1. The Kier molecular flexibility index (Phi) is 10.4. The van der Waals surface area contributed by atoms with Gasteiger partial charge in [0.05, 0.1) is 0 Å². The predicted octanol–water partition coefficient (Wildman–Crippen LogP) is 1.49. The van der Waals surface area contributed by atoms with E-state index in [9.17, 15) is 24.0 Å². The average molecular weight is 434 g/mol. The van der Waals surface area contributed by atoms with Gasteiger partial charge in [-0.1, -0.05) is 18.2 Å². The van der Waals surface area contributed by atoms with Crippen LogP contribution in [-0.2, 0) is 24.0 Å². The summed E-state index contributed by atoms with van der Waals surface area (Å²) in [5.74, 6) is -2.46. The Labute approximate surface area is 182 Å². The summed E-state index contributed by atoms with van der Waals surface area (Å²) in [5.41, 5.74) is 2.64. The van der Waals surface area contributed by atoms with Crippen LogP contribution in [0, 0.1) is 13.8 Å². The third-order valence-electron chi connectivity index (χ3n) is 4.73. The molecule has 31 heavy (non-hydrogen) atoms. The highest BCUT2D eigenvalue weighted by Gasteiger charge is 2.22. The lowest BCUT2D eigenvalue weighted by atomic mass is 10.1. The lowest BCUT2D eigenvalue weighted by molar-refractivity contribution is -0.138. The number of nitrogens with zero attached hydrogens (tertiary/aromatic N) is 1. The third kappa shape index (κ3) is 8.98. The summed E-state index contributed by atoms with van der Waals surface area (Å²) in [6.45, 7) is 6.94. The van der Waals surface area contributed by atoms with Crippen LogP contribution in [-0.4, -0.2) is 53.7 Å². The molecule has 9 nitrogen and oxygen atoms in total. The fraction of sp³-hybridized carbons (Fsp3) is 0.500. The van der Waals surface area contributed by atoms with Crippen LogP contribution in [0.5, 0.6) is 0 Å². The van der Waals surface area contributed by atoms with E-state index in [1.54, 1.807) is 4.90 Å². The first-order valence-electron chi connectivity index (χ1n) is 10.2. The van der Waals surface area contributed by atoms with Gasteiger partial charge < -0.3 is 25.4 Å². The van der Waals surface area contributed by atoms with E-state index in [4.69, 9.17) is 5.11 Å². The van der Waals surface area contributed by atoms with Gasteiger partial charge in [-0.2, -0.15) is 0 Å². The number of para-hydroxylation sites is 1. The summed E-state index contributed by atoms with van der Waals surface area (Å²) in [5, 5.41) is 14.1. The smallest absolute Gasteiger partial charge is 0.303 e. The molecule has 1 unspecified atom stereocenters. The molecule has 0 saturated carbocycles. The molecule has 1 aromatic rings. The lowest BCUT2D eigenvalue weighted by Gasteiger charge is -2.26. The standard InChI is InChI=1S/C22H31N3O6/c1-14-6-5-7-15(2)21(14)25(17(4)27)13-12-23-22(31)18(9-11-20(29)30)24-19(28)10-8-16(3)26/h5-7,18H,8-13H2,1-4H3,(H,23,31)(H,24,28)(H,29,30). The van der Waals surface area contributed by atoms with E-state index < -0.39 is 23.8 Å². The number of Topliss-reactive ketones (excluding diaryl/α,β-unsaturated/α-hetero) is 1. The number of anilines is 1. The van der Waals surface area contributed by atoms with Crippen molar-refractivity contribution in [3.63, 3.8) is 0 Å². The number of aryl methyl sites for hydroxylation is 2. The van der Waals surface area contributed by atoms with E-state index in [0.717, 1.165) is 16.8 Å². The van der Waals surface area contributed by atoms with Gasteiger partial charge in [-0.05, 0) is 38.3 Å². The first kappa shape index (κ1) is 25.8. The van der Waals surface area contributed by atoms with E-state index in [0.29, 0.717) is 0 Å². The van der Waals surface area contributed by atoms with Gasteiger partial charge in [0.2, 0.25) is 17.7 Å². The Morgan fingerprint density at radius 2 is 1.61 bits per heavy atom. The minimum absolute atomic E-state index is 0.0441. The van der Waals surface area contributed by atoms with Gasteiger partial charge in [0, 0.05) is 45.0 Å². The van der Waals surface area contributed by atoms with Crippen LogP contribution in [0.1, 0.15) is 50.7 Å². The Hall–Kier alpha value is -3.23. The molecule has 0 saturated heterocycles. The largest absolute Gasteiger partial charge is 0.481 e. The van der Waals surface area contributed by atoms with Gasteiger partial charge in [0.25, 0.3) is 0 Å². The SMILES string of the molecule is CC(=O)CCC(=O)NC(CCC(=O)O)C(=O)NCCN(C(C)=O)c1c(C)cccc1C. The van der Waals surface area contributed by atoms with Crippen LogP contribution in [0.15, 0.2) is 18.2 Å². The molecule has 0 spiro atoms. The number of benzene rings is 1. The number of carboxylic acid groups (broad SMARTS) is 1. The number of nitrogens with one attached hydrogen (secondary N) is 2. The minimum atomic E-state index is -1.09. The van der Waals surface area contributed by atoms with E-state index in [2.05, 4.69) is 10.6 Å². The van der Waals surface area contributed by atoms with E-state index >= 15 is 0 Å². The van der Waals surface area contributed by atoms with Gasteiger partial charge >= 0.3 is 5.97 Å². The molecular formula is C22H31N3O6. The lowest BCUT2D eigenvalue weighted by Crippen LogP contribution is -2.49. The number of rotatable bonds is 12. The van der Waals surface area contributed by atoms with Crippen molar-refractivity contribution in [2.75, 3.05) is 18.0 Å². The first-order valence-corrected chi connectivity index (χ1v) is 10.2. The number of carbonyl (C=O) groups is 5. The van der Waals surface area contributed by atoms with Crippen molar-refractivity contribution in [3.8, 4) is 0 Å². The summed E-state index contributed by atoms with van der Waals surface area (Å²) < 4.78 is 0. The van der Waals surface area contributed by atoms with Crippen LogP contribution in [0.4, 0.5) is 5.69 Å². The predicted molar refractivity (Wildman–Crippen MR) is 116 cm³/mol. The highest BCUT2D eigenvalue weighted by Crippen LogP contribution is 2.24. The highest BCUT2D eigenvalue weighted by molar-refractivity contribution is 5.93. The molecule has 170 valence electrons. The van der Waals surface area contributed by atoms with Crippen LogP contribution in [0.2, 0.25) is 0 Å². The Morgan fingerprint density at radius 3 is 2.13 bits per heavy atom. The van der Waals surface area contributed by atoms with Crippen molar-refractivity contribution in [2.24, 2.45) is 0 Å². The topological polar surface area (TPSA) is 133 Å². The number of ketones is 1. The minimum Gasteiger partial charge on any atom is -0.481 e. The van der Waals surface area contributed by atoms with Crippen molar-refractivity contribution < 1.29 is 29.1 Å².